The molecule has 0 saturated heterocycles. The summed E-state index contributed by atoms with van der Waals surface area (Å²) in [7, 11) is 2.13. The van der Waals surface area contributed by atoms with Crippen LogP contribution < -0.4 is 4.90 Å². The summed E-state index contributed by atoms with van der Waals surface area (Å²) >= 11 is 0. The van der Waals surface area contributed by atoms with E-state index in [1.165, 1.54) is 25.7 Å². The third kappa shape index (κ3) is 2.83. The van der Waals surface area contributed by atoms with Crippen LogP contribution in [0.1, 0.15) is 51.2 Å². The van der Waals surface area contributed by atoms with Crippen molar-refractivity contribution in [2.75, 3.05) is 11.9 Å². The number of hydrogen-bond acceptors (Lipinski definition) is 3. The number of aliphatic hydroxyl groups is 1. The molecule has 1 aliphatic carbocycles. The molecule has 3 heteroatoms. The zero-order chi connectivity index (χ0) is 13.1. The predicted octanol–water partition coefficient (Wildman–Crippen LogP) is 3.15. The smallest absolute Gasteiger partial charge is 0.128 e. The highest BCUT2D eigenvalue weighted by atomic mass is 16.3. The molecule has 2 rings (SSSR count). The molecule has 0 amide bonds. The molecule has 0 spiro atoms. The van der Waals surface area contributed by atoms with E-state index in [4.69, 9.17) is 0 Å². The van der Waals surface area contributed by atoms with E-state index in [9.17, 15) is 5.11 Å². The van der Waals surface area contributed by atoms with E-state index in [-0.39, 0.29) is 0 Å². The summed E-state index contributed by atoms with van der Waals surface area (Å²) in [6, 6.07) is 4.47. The Balaban J connectivity index is 2.16. The number of rotatable bonds is 3. The van der Waals surface area contributed by atoms with Gasteiger partial charge in [-0.1, -0.05) is 19.8 Å². The summed E-state index contributed by atoms with van der Waals surface area (Å²) in [6.07, 6.45) is 6.59. The minimum atomic E-state index is -0.427. The molecule has 0 aliphatic heterocycles. The molecule has 2 unspecified atom stereocenters. The van der Waals surface area contributed by atoms with Crippen molar-refractivity contribution in [3.63, 3.8) is 0 Å². The first-order valence-corrected chi connectivity index (χ1v) is 6.96. The van der Waals surface area contributed by atoms with Gasteiger partial charge in [0, 0.05) is 19.3 Å². The number of nitrogens with zero attached hydrogens (tertiary/aromatic N) is 2. The summed E-state index contributed by atoms with van der Waals surface area (Å²) in [6.45, 7) is 4.13. The van der Waals surface area contributed by atoms with E-state index in [1.807, 2.05) is 12.1 Å². The van der Waals surface area contributed by atoms with Gasteiger partial charge < -0.3 is 10.0 Å². The van der Waals surface area contributed by atoms with Gasteiger partial charge in [-0.3, -0.25) is 0 Å². The Morgan fingerprint density at radius 1 is 1.39 bits per heavy atom. The number of pyridine rings is 1. The Hall–Kier alpha value is -1.09. The lowest BCUT2D eigenvalue weighted by Gasteiger charge is -2.37. The standard InChI is InChI=1S/C15H24N2O/c1-11-6-4-5-7-14(11)17(3)15-10-13(12(2)18)8-9-16-15/h8-12,14,18H,4-7H2,1-3H3/t11?,12-,14?/m0/s1. The first-order chi connectivity index (χ1) is 8.59. The topological polar surface area (TPSA) is 36.4 Å². The van der Waals surface area contributed by atoms with Crippen LogP contribution in [0.25, 0.3) is 0 Å². The van der Waals surface area contributed by atoms with Crippen molar-refractivity contribution in [2.45, 2.75) is 51.7 Å². The van der Waals surface area contributed by atoms with Gasteiger partial charge in [0.1, 0.15) is 5.82 Å². The molecule has 3 atom stereocenters. The van der Waals surface area contributed by atoms with Gasteiger partial charge in [0.15, 0.2) is 0 Å². The molecular formula is C15H24N2O. The fourth-order valence-electron chi connectivity index (χ4n) is 2.93. The zero-order valence-corrected chi connectivity index (χ0v) is 11.6. The molecule has 100 valence electrons. The van der Waals surface area contributed by atoms with Crippen LogP contribution in [0.4, 0.5) is 5.82 Å². The minimum absolute atomic E-state index is 0.427. The molecule has 1 aromatic heterocycles. The van der Waals surface area contributed by atoms with Gasteiger partial charge in [-0.05, 0) is 43.4 Å². The molecule has 0 aromatic carbocycles. The number of aliphatic hydroxyl groups excluding tert-OH is 1. The van der Waals surface area contributed by atoms with Crippen molar-refractivity contribution < 1.29 is 5.11 Å². The molecular weight excluding hydrogens is 224 g/mol. The fraction of sp³-hybridized carbons (Fsp3) is 0.667. The third-order valence-corrected chi connectivity index (χ3v) is 4.18. The molecule has 3 nitrogen and oxygen atoms in total. The highest BCUT2D eigenvalue weighted by Gasteiger charge is 2.25. The van der Waals surface area contributed by atoms with Gasteiger partial charge in [0.2, 0.25) is 0 Å². The van der Waals surface area contributed by atoms with Gasteiger partial charge in [0.25, 0.3) is 0 Å². The average molecular weight is 248 g/mol. The van der Waals surface area contributed by atoms with Crippen LogP contribution >= 0.6 is 0 Å². The first-order valence-electron chi connectivity index (χ1n) is 6.96. The highest BCUT2D eigenvalue weighted by molar-refractivity contribution is 5.42. The van der Waals surface area contributed by atoms with Crippen LogP contribution in [0.3, 0.4) is 0 Å². The Bertz CT molecular complexity index is 392. The highest BCUT2D eigenvalue weighted by Crippen LogP contribution is 2.30. The fourth-order valence-corrected chi connectivity index (χ4v) is 2.93. The van der Waals surface area contributed by atoms with E-state index in [0.29, 0.717) is 6.04 Å². The molecule has 18 heavy (non-hydrogen) atoms. The summed E-state index contributed by atoms with van der Waals surface area (Å²) in [5.41, 5.74) is 0.940. The lowest BCUT2D eigenvalue weighted by atomic mass is 9.85. The lowest BCUT2D eigenvalue weighted by Crippen LogP contribution is -2.39. The van der Waals surface area contributed by atoms with Gasteiger partial charge in [-0.25, -0.2) is 4.98 Å². The second-order valence-corrected chi connectivity index (χ2v) is 5.56. The van der Waals surface area contributed by atoms with Crippen LogP contribution in [0.2, 0.25) is 0 Å². The maximum absolute atomic E-state index is 9.65. The van der Waals surface area contributed by atoms with Gasteiger partial charge >= 0.3 is 0 Å². The van der Waals surface area contributed by atoms with Crippen molar-refractivity contribution >= 4 is 5.82 Å². The average Bonchev–Trinajstić information content (AvgIpc) is 2.38. The van der Waals surface area contributed by atoms with Crippen LogP contribution in [0.15, 0.2) is 18.3 Å². The molecule has 0 radical (unpaired) electrons. The van der Waals surface area contributed by atoms with E-state index in [2.05, 4.69) is 23.9 Å². The Morgan fingerprint density at radius 3 is 2.78 bits per heavy atom. The summed E-state index contributed by atoms with van der Waals surface area (Å²) in [4.78, 5) is 6.73. The van der Waals surface area contributed by atoms with Crippen LogP contribution in [-0.4, -0.2) is 23.2 Å². The molecule has 0 bridgehead atoms. The second kappa shape index (κ2) is 5.70. The van der Waals surface area contributed by atoms with E-state index in [1.54, 1.807) is 13.1 Å². The van der Waals surface area contributed by atoms with Crippen LogP contribution in [-0.2, 0) is 0 Å². The van der Waals surface area contributed by atoms with E-state index in [0.717, 1.165) is 17.3 Å². The summed E-state index contributed by atoms with van der Waals surface area (Å²) < 4.78 is 0. The largest absolute Gasteiger partial charge is 0.389 e. The maximum Gasteiger partial charge on any atom is 0.128 e. The van der Waals surface area contributed by atoms with Crippen molar-refractivity contribution in [1.29, 1.82) is 0 Å². The maximum atomic E-state index is 9.65. The molecule has 1 aliphatic rings. The Kier molecular flexibility index (Phi) is 4.23. The predicted molar refractivity (Wildman–Crippen MR) is 74.7 cm³/mol. The van der Waals surface area contributed by atoms with Crippen LogP contribution in [0, 0.1) is 5.92 Å². The SMILES string of the molecule is CC1CCCCC1N(C)c1cc([C@H](C)O)ccn1. The monoisotopic (exact) mass is 248 g/mol. The summed E-state index contributed by atoms with van der Waals surface area (Å²) in [5.74, 6) is 1.70. The minimum Gasteiger partial charge on any atom is -0.389 e. The Labute approximate surface area is 110 Å². The molecule has 1 aromatic rings. The van der Waals surface area contributed by atoms with Gasteiger partial charge in [-0.15, -0.1) is 0 Å². The van der Waals surface area contributed by atoms with Crippen molar-refractivity contribution in [3.8, 4) is 0 Å². The van der Waals surface area contributed by atoms with E-state index < -0.39 is 6.10 Å². The van der Waals surface area contributed by atoms with Gasteiger partial charge in [0.05, 0.1) is 6.10 Å². The number of aromatic nitrogens is 1. The zero-order valence-electron chi connectivity index (χ0n) is 11.6. The molecule has 1 heterocycles. The van der Waals surface area contributed by atoms with Crippen LogP contribution in [0.5, 0.6) is 0 Å². The normalized spacial score (nSPS) is 25.8. The van der Waals surface area contributed by atoms with Gasteiger partial charge in [-0.2, -0.15) is 0 Å². The van der Waals surface area contributed by atoms with Crippen molar-refractivity contribution in [2.24, 2.45) is 5.92 Å². The quantitative estimate of drug-likeness (QED) is 0.892. The number of hydrogen-bond donors (Lipinski definition) is 1. The summed E-state index contributed by atoms with van der Waals surface area (Å²) in [5, 5.41) is 9.65. The molecule has 1 N–H and O–H groups in total. The second-order valence-electron chi connectivity index (χ2n) is 5.56. The van der Waals surface area contributed by atoms with Crippen molar-refractivity contribution in [3.05, 3.63) is 23.9 Å². The Morgan fingerprint density at radius 2 is 2.11 bits per heavy atom. The molecule has 1 fully saturated rings. The van der Waals surface area contributed by atoms with Crippen molar-refractivity contribution in [1.82, 2.24) is 4.98 Å². The number of anilines is 1. The first kappa shape index (κ1) is 13.3. The van der Waals surface area contributed by atoms with E-state index >= 15 is 0 Å². The molecule has 1 saturated carbocycles. The third-order valence-electron chi connectivity index (χ3n) is 4.18. The lowest BCUT2D eigenvalue weighted by molar-refractivity contribution is 0.199.